The summed E-state index contributed by atoms with van der Waals surface area (Å²) in [6.07, 6.45) is 0. The molecule has 30 aromatic rings. The highest BCUT2D eigenvalue weighted by Gasteiger charge is 2.39. The minimum atomic E-state index is -0.202. The number of nitrogens with zero attached hydrogens (tertiary/aromatic N) is 3. The van der Waals surface area contributed by atoms with Crippen molar-refractivity contribution in [1.82, 2.24) is 13.7 Å². The molecule has 32 rings (SSSR count). The van der Waals surface area contributed by atoms with Gasteiger partial charge in [-0.1, -0.05) is 313 Å². The third-order valence-corrected chi connectivity index (χ3v) is 30.9. The molecule has 0 atom stereocenters. The molecule has 0 saturated heterocycles. The Balaban J connectivity index is 0.0000000992. The molecule has 9 aromatic heterocycles. The third kappa shape index (κ3) is 11.6. The van der Waals surface area contributed by atoms with Crippen LogP contribution in [0.3, 0.4) is 0 Å². The Morgan fingerprint density at radius 2 is 0.411 bits per heavy atom. The van der Waals surface area contributed by atoms with E-state index in [-0.39, 0.29) is 10.8 Å². The van der Waals surface area contributed by atoms with Gasteiger partial charge in [-0.2, -0.15) is 0 Å². The summed E-state index contributed by atoms with van der Waals surface area (Å²) in [5.74, 6) is 0. The van der Waals surface area contributed by atoms with Crippen LogP contribution < -0.4 is 0 Å². The van der Waals surface area contributed by atoms with Crippen molar-refractivity contribution >= 4 is 197 Å². The smallest absolute Gasteiger partial charge is 0.160 e. The summed E-state index contributed by atoms with van der Waals surface area (Å²) in [5.41, 5.74) is 40.9. The fraction of sp³-hybridized carbons (Fsp3) is 0.0455. The monoisotopic (exact) mass is 1810 g/mol. The van der Waals surface area contributed by atoms with Crippen LogP contribution in [0.2, 0.25) is 0 Å². The van der Waals surface area contributed by atoms with Crippen LogP contribution in [0.15, 0.2) is 457 Å². The molecule has 0 N–H and O–H groups in total. The quantitative estimate of drug-likeness (QED) is 0.158. The predicted octanol–water partition coefficient (Wildman–Crippen LogP) is 37.0. The van der Waals surface area contributed by atoms with Crippen LogP contribution in [-0.4, -0.2) is 13.7 Å². The lowest BCUT2D eigenvalue weighted by atomic mass is 9.81. The molecule has 0 spiro atoms. The second kappa shape index (κ2) is 29.7. The standard InChI is InChI=1S/2C45H29NO2.C42H25NO2/c1-45(2)37-24-27(26-16-22-42-36(23-26)33-11-5-7-13-40(33)47-42)15-18-29(37)30-19-17-28(25-38(30)45)46-39-12-6-3-9-31(39)34-20-21-35-32-10-4-8-14-41(32)48-44(35)43(34)46;1-45(2)37-24-26(28-13-9-14-35-32-11-4-7-16-40(32)47-43(28)35)18-20-29(37)30-21-19-27(25-38(30)45)46-39-15-6-3-10-31(39)34-22-23-36-33-12-5-8-17-41(33)48-44(36)42(34)46;1-4-10-37-31(7-1)34-22-23-35-32-8-2-6-12-39(32)45-42(35)41(34)43(37)30-20-17-27(18-21-30)26-13-15-28(16-14-26)29-19-24-40-36(25-29)33-9-3-5-11-38(33)44-40/h2*3-25H,1-2H3;1-25H. The van der Waals surface area contributed by atoms with E-state index in [2.05, 4.69) is 418 Å². The average molecular weight is 1810 g/mol. The van der Waals surface area contributed by atoms with Crippen molar-refractivity contribution in [1.29, 1.82) is 0 Å². The van der Waals surface area contributed by atoms with E-state index in [1.54, 1.807) is 0 Å². The van der Waals surface area contributed by atoms with Crippen molar-refractivity contribution in [3.8, 4) is 83.8 Å². The molecule has 0 aliphatic heterocycles. The van der Waals surface area contributed by atoms with Crippen molar-refractivity contribution in [2.45, 2.75) is 38.5 Å². The van der Waals surface area contributed by atoms with E-state index in [0.29, 0.717) is 0 Å². The van der Waals surface area contributed by atoms with Gasteiger partial charge in [0.1, 0.15) is 50.2 Å². The highest BCUT2D eigenvalue weighted by Crippen LogP contribution is 2.56. The van der Waals surface area contributed by atoms with Crippen LogP contribution in [0.25, 0.3) is 281 Å². The lowest BCUT2D eigenvalue weighted by molar-refractivity contribution is 0.659. The van der Waals surface area contributed by atoms with Crippen molar-refractivity contribution in [3.63, 3.8) is 0 Å². The molecule has 2 aliphatic carbocycles. The molecule has 9 nitrogen and oxygen atoms in total. The van der Waals surface area contributed by atoms with Crippen LogP contribution in [0, 0.1) is 0 Å². The zero-order chi connectivity index (χ0) is 92.9. The number of benzene rings is 21. The fourth-order valence-electron chi connectivity index (χ4n) is 24.0. The Labute approximate surface area is 807 Å². The second-order valence-corrected chi connectivity index (χ2v) is 39.1. The van der Waals surface area contributed by atoms with E-state index in [9.17, 15) is 0 Å². The average Bonchev–Trinajstić information content (AvgIpc) is 1.54. The van der Waals surface area contributed by atoms with Crippen molar-refractivity contribution < 1.29 is 26.5 Å². The van der Waals surface area contributed by atoms with E-state index in [0.717, 1.165) is 171 Å². The molecule has 21 aromatic carbocycles. The first-order valence-corrected chi connectivity index (χ1v) is 48.5. The first kappa shape index (κ1) is 79.1. The number of hydrogen-bond donors (Lipinski definition) is 0. The molecule has 9 heteroatoms. The molecule has 0 amide bonds. The van der Waals surface area contributed by atoms with Gasteiger partial charge in [-0.3, -0.25) is 0 Å². The van der Waals surface area contributed by atoms with Gasteiger partial charge in [-0.25, -0.2) is 0 Å². The summed E-state index contributed by atoms with van der Waals surface area (Å²) in [7, 11) is 0. The van der Waals surface area contributed by atoms with Gasteiger partial charge < -0.3 is 40.2 Å². The molecule has 0 radical (unpaired) electrons. The zero-order valence-corrected chi connectivity index (χ0v) is 77.3. The molecule has 141 heavy (non-hydrogen) atoms. The second-order valence-electron chi connectivity index (χ2n) is 39.1. The largest absolute Gasteiger partial charge is 0.456 e. The topological polar surface area (TPSA) is 93.6 Å². The fourth-order valence-corrected chi connectivity index (χ4v) is 24.0. The Morgan fingerprint density at radius 1 is 0.156 bits per heavy atom. The number of aromatic nitrogens is 3. The summed E-state index contributed by atoms with van der Waals surface area (Å²) in [6, 6.07) is 154. The summed E-state index contributed by atoms with van der Waals surface area (Å²) in [6.45, 7) is 9.44. The van der Waals surface area contributed by atoms with Gasteiger partial charge in [-0.15, -0.1) is 0 Å². The van der Waals surface area contributed by atoms with Gasteiger partial charge in [-0.05, 0) is 229 Å². The number of hydrogen-bond acceptors (Lipinski definition) is 6. The summed E-state index contributed by atoms with van der Waals surface area (Å²) in [4.78, 5) is 0. The van der Waals surface area contributed by atoms with E-state index in [4.69, 9.17) is 26.5 Å². The van der Waals surface area contributed by atoms with Crippen LogP contribution in [-0.2, 0) is 10.8 Å². The van der Waals surface area contributed by atoms with Crippen LogP contribution in [0.1, 0.15) is 49.9 Å². The maximum atomic E-state index is 6.62. The number of para-hydroxylation sites is 10. The Hall–Kier alpha value is -18.2. The van der Waals surface area contributed by atoms with E-state index in [1.165, 1.54) is 132 Å². The van der Waals surface area contributed by atoms with Gasteiger partial charge >= 0.3 is 0 Å². The van der Waals surface area contributed by atoms with E-state index < -0.39 is 0 Å². The first-order valence-electron chi connectivity index (χ1n) is 48.5. The van der Waals surface area contributed by atoms with Gasteiger partial charge in [0.25, 0.3) is 0 Å². The Kier molecular flexibility index (Phi) is 16.6. The molecular formula is C132H83N3O6. The summed E-state index contributed by atoms with van der Waals surface area (Å²) < 4.78 is 45.5. The summed E-state index contributed by atoms with van der Waals surface area (Å²) >= 11 is 0. The van der Waals surface area contributed by atoms with Gasteiger partial charge in [0, 0.05) is 130 Å². The number of rotatable bonds is 7. The van der Waals surface area contributed by atoms with Crippen LogP contribution in [0.4, 0.5) is 0 Å². The van der Waals surface area contributed by atoms with Gasteiger partial charge in [0.15, 0.2) is 16.7 Å². The summed E-state index contributed by atoms with van der Waals surface area (Å²) in [5, 5.41) is 21.0. The maximum Gasteiger partial charge on any atom is 0.160 e. The highest BCUT2D eigenvalue weighted by atomic mass is 16.3. The Morgan fingerprint density at radius 3 is 0.823 bits per heavy atom. The van der Waals surface area contributed by atoms with Crippen molar-refractivity contribution in [2.75, 3.05) is 0 Å². The maximum absolute atomic E-state index is 6.62. The van der Waals surface area contributed by atoms with Gasteiger partial charge in [0.2, 0.25) is 0 Å². The zero-order valence-electron chi connectivity index (χ0n) is 77.3. The molecule has 0 unspecified atom stereocenters. The predicted molar refractivity (Wildman–Crippen MR) is 583 cm³/mol. The minimum Gasteiger partial charge on any atom is -0.456 e. The van der Waals surface area contributed by atoms with Crippen molar-refractivity contribution in [2.24, 2.45) is 0 Å². The molecule has 9 heterocycles. The minimum absolute atomic E-state index is 0.184. The molecule has 0 bridgehead atoms. The van der Waals surface area contributed by atoms with Crippen LogP contribution >= 0.6 is 0 Å². The Bertz CT molecular complexity index is 10600. The molecule has 662 valence electrons. The van der Waals surface area contributed by atoms with Gasteiger partial charge in [0.05, 0.1) is 33.1 Å². The first-order chi connectivity index (χ1) is 69.4. The molecule has 0 fully saturated rings. The van der Waals surface area contributed by atoms with E-state index >= 15 is 0 Å². The molecular weight excluding hydrogens is 1720 g/mol. The lowest BCUT2D eigenvalue weighted by Crippen LogP contribution is -2.15. The molecule has 2 aliphatic rings. The van der Waals surface area contributed by atoms with E-state index in [1.807, 2.05) is 54.6 Å². The normalized spacial score (nSPS) is 13.2. The van der Waals surface area contributed by atoms with Crippen LogP contribution in [0.5, 0.6) is 0 Å². The SMILES string of the molecule is CC1(C)c2cc(-c3ccc4oc5ccccc5c4c3)ccc2-c2ccc(-n3c4ccccc4c4ccc5c6ccccc6oc5c43)cc21.CC1(C)c2cc(-c3cccc4c3oc3ccccc34)ccc2-c2ccc(-n3c4ccccc4c4ccc5c6ccccc6oc5c43)cc21.c1ccc2c(c1)oc1ccc(-c3ccc(-c4ccc(-n5c6ccccc6c6ccc7c8ccccc8oc7c65)cc4)cc3)cc12. The highest BCUT2D eigenvalue weighted by molar-refractivity contribution is 6.25. The number of fused-ring (bicyclic) bond motifs is 36. The lowest BCUT2D eigenvalue weighted by Gasteiger charge is -2.23. The van der Waals surface area contributed by atoms with Crippen molar-refractivity contribution in [3.05, 3.63) is 453 Å². The molecule has 0 saturated carbocycles. The third-order valence-electron chi connectivity index (χ3n) is 30.9. The number of furan rings is 6.